The summed E-state index contributed by atoms with van der Waals surface area (Å²) in [6.07, 6.45) is 16.7. The van der Waals surface area contributed by atoms with Crippen LogP contribution in [-0.2, 0) is 18.3 Å². The van der Waals surface area contributed by atoms with E-state index in [1.807, 2.05) is 0 Å². The van der Waals surface area contributed by atoms with Crippen molar-refractivity contribution in [3.63, 3.8) is 0 Å². The van der Waals surface area contributed by atoms with Gasteiger partial charge in [0.1, 0.15) is 12.4 Å². The minimum Gasteiger partial charge on any atom is -0.411 e. The van der Waals surface area contributed by atoms with Gasteiger partial charge in [-0.25, -0.2) is 0 Å². The molecular formula is C42H80O5Si2. The topological polar surface area (TPSA) is 57.2 Å². The summed E-state index contributed by atoms with van der Waals surface area (Å²) in [5, 5.41) is 12.6. The van der Waals surface area contributed by atoms with Gasteiger partial charge in [-0.05, 0) is 131 Å². The van der Waals surface area contributed by atoms with Gasteiger partial charge in [0.15, 0.2) is 16.6 Å². The number of methoxy groups -OCH3 is 1. The molecule has 3 rings (SSSR count). The second-order valence-electron chi connectivity index (χ2n) is 20.3. The number of hydrogen-bond acceptors (Lipinski definition) is 5. The van der Waals surface area contributed by atoms with Crippen LogP contribution in [0.3, 0.4) is 0 Å². The normalized spacial score (nSPS) is 32.0. The van der Waals surface area contributed by atoms with Crippen LogP contribution in [0.15, 0.2) is 23.3 Å². The van der Waals surface area contributed by atoms with E-state index >= 15 is 0 Å². The monoisotopic (exact) mass is 721 g/mol. The molecule has 0 aromatic rings. The lowest BCUT2D eigenvalue weighted by atomic mass is 9.60. The van der Waals surface area contributed by atoms with Crippen LogP contribution in [0.2, 0.25) is 36.3 Å². The van der Waals surface area contributed by atoms with Crippen LogP contribution < -0.4 is 0 Å². The maximum Gasteiger partial charge on any atom is 0.192 e. The van der Waals surface area contributed by atoms with E-state index in [2.05, 4.69) is 115 Å². The summed E-state index contributed by atoms with van der Waals surface area (Å²) < 4.78 is 25.4. The van der Waals surface area contributed by atoms with Crippen LogP contribution in [0.5, 0.6) is 0 Å². The molecule has 0 radical (unpaired) electrons. The third kappa shape index (κ3) is 10.0. The maximum absolute atomic E-state index is 12.5. The predicted molar refractivity (Wildman–Crippen MR) is 213 cm³/mol. The Hall–Kier alpha value is -0.286. The van der Waals surface area contributed by atoms with Crippen molar-refractivity contribution in [3.05, 3.63) is 23.3 Å². The Morgan fingerprint density at radius 2 is 1.45 bits per heavy atom. The van der Waals surface area contributed by atoms with E-state index in [0.29, 0.717) is 24.5 Å². The van der Waals surface area contributed by atoms with Crippen LogP contribution in [-0.4, -0.2) is 59.1 Å². The Morgan fingerprint density at radius 3 is 1.94 bits per heavy atom. The number of rotatable bonds is 14. The molecule has 49 heavy (non-hydrogen) atoms. The molecule has 0 aromatic heterocycles. The fourth-order valence-corrected chi connectivity index (χ4v) is 11.5. The standard InChI is InChI=1S/C42H80O5Si2/c1-17-42(43)36(46-48(13,14)38(3,4)5)28-32(29-37(42)47-49(15,16)39(6,7)8)22-23-33-21-19-27-41(11)34(24-25-35(33)41)31(2)20-18-26-40(9,10)45-30-44-12/h22-23,31,34-37,43H,17-21,24-30H2,1-16H3/t31-,34?,35?,36-,37-,41?,42?/m1/s1. The molecule has 0 amide bonds. The SMILES string of the molecule is CCC1(O)[C@H](O[Si](C)(C)C(C)(C)C)CC(=CC=C2CCCC3(C)C2CCC3[C@H](C)CCCC(C)(C)OCOC)C[C@H]1O[Si](C)(C)C(C)(C)C. The van der Waals surface area contributed by atoms with Gasteiger partial charge in [0, 0.05) is 7.11 Å². The van der Waals surface area contributed by atoms with Crippen molar-refractivity contribution in [3.8, 4) is 0 Å². The first-order valence-corrected chi connectivity index (χ1v) is 25.7. The van der Waals surface area contributed by atoms with E-state index in [1.54, 1.807) is 12.7 Å². The highest BCUT2D eigenvalue weighted by atomic mass is 28.4. The van der Waals surface area contributed by atoms with Gasteiger partial charge in [0.05, 0.1) is 17.8 Å². The van der Waals surface area contributed by atoms with Crippen LogP contribution in [0.25, 0.3) is 0 Å². The fraction of sp³-hybridized carbons (Fsp3) is 0.905. The number of ether oxygens (including phenoxy) is 2. The van der Waals surface area contributed by atoms with E-state index < -0.39 is 22.2 Å². The molecule has 7 heteroatoms. The highest BCUT2D eigenvalue weighted by molar-refractivity contribution is 6.74. The largest absolute Gasteiger partial charge is 0.411 e. The van der Waals surface area contributed by atoms with Crippen molar-refractivity contribution in [1.82, 2.24) is 0 Å². The molecule has 1 N–H and O–H groups in total. The average Bonchev–Trinajstić information content (AvgIpc) is 3.33. The smallest absolute Gasteiger partial charge is 0.192 e. The summed E-state index contributed by atoms with van der Waals surface area (Å²) >= 11 is 0. The zero-order chi connectivity index (χ0) is 37.3. The molecule has 3 aliphatic carbocycles. The van der Waals surface area contributed by atoms with E-state index in [-0.39, 0.29) is 27.9 Å². The first-order valence-electron chi connectivity index (χ1n) is 19.9. The lowest BCUT2D eigenvalue weighted by molar-refractivity contribution is -0.148. The molecule has 3 unspecified atom stereocenters. The lowest BCUT2D eigenvalue weighted by Gasteiger charge is -2.52. The molecule has 5 nitrogen and oxygen atoms in total. The molecule has 3 saturated carbocycles. The van der Waals surface area contributed by atoms with Gasteiger partial charge in [0.25, 0.3) is 0 Å². The minimum atomic E-state index is -2.14. The Balaban J connectivity index is 1.87. The molecule has 0 heterocycles. The van der Waals surface area contributed by atoms with Gasteiger partial charge in [-0.1, -0.05) is 98.5 Å². The van der Waals surface area contributed by atoms with Crippen molar-refractivity contribution in [2.45, 2.75) is 206 Å². The number of aliphatic hydroxyl groups is 1. The van der Waals surface area contributed by atoms with Crippen LogP contribution in [0, 0.1) is 23.2 Å². The van der Waals surface area contributed by atoms with Gasteiger partial charge in [-0.3, -0.25) is 0 Å². The minimum absolute atomic E-state index is 0.0669. The number of hydrogen-bond donors (Lipinski definition) is 1. The van der Waals surface area contributed by atoms with Crippen LogP contribution >= 0.6 is 0 Å². The summed E-state index contributed by atoms with van der Waals surface area (Å²) in [6.45, 7) is 35.1. The summed E-state index contributed by atoms with van der Waals surface area (Å²) in [5.41, 5.74) is 2.28. The molecule has 0 spiro atoms. The third-order valence-corrected chi connectivity index (χ3v) is 23.3. The summed E-state index contributed by atoms with van der Waals surface area (Å²) in [6, 6.07) is 0. The fourth-order valence-electron chi connectivity index (χ4n) is 8.84. The highest BCUT2D eigenvalue weighted by Crippen LogP contribution is 2.60. The van der Waals surface area contributed by atoms with E-state index in [4.69, 9.17) is 18.3 Å². The molecular weight excluding hydrogens is 641 g/mol. The van der Waals surface area contributed by atoms with E-state index in [9.17, 15) is 5.11 Å². The molecule has 3 fully saturated rings. The molecule has 0 saturated heterocycles. The van der Waals surface area contributed by atoms with Gasteiger partial charge >= 0.3 is 0 Å². The van der Waals surface area contributed by atoms with Crippen molar-refractivity contribution >= 4 is 16.6 Å². The quantitative estimate of drug-likeness (QED) is 0.143. The van der Waals surface area contributed by atoms with Crippen molar-refractivity contribution in [1.29, 1.82) is 0 Å². The Bertz CT molecular complexity index is 1100. The summed E-state index contributed by atoms with van der Waals surface area (Å²) in [5.74, 6) is 2.16. The van der Waals surface area contributed by atoms with Gasteiger partial charge in [-0.15, -0.1) is 0 Å². The maximum atomic E-state index is 12.5. The number of fused-ring (bicyclic) bond motifs is 1. The molecule has 0 aromatic carbocycles. The highest BCUT2D eigenvalue weighted by Gasteiger charge is 2.54. The molecule has 286 valence electrons. The van der Waals surface area contributed by atoms with E-state index in [0.717, 1.165) is 31.1 Å². The third-order valence-electron chi connectivity index (χ3n) is 14.3. The Labute approximate surface area is 306 Å². The average molecular weight is 721 g/mol. The molecule has 6 atom stereocenters. The Kier molecular flexibility index (Phi) is 14.1. The van der Waals surface area contributed by atoms with Gasteiger partial charge in [0.2, 0.25) is 0 Å². The van der Waals surface area contributed by atoms with Crippen LogP contribution in [0.4, 0.5) is 0 Å². The Morgan fingerprint density at radius 1 is 0.898 bits per heavy atom. The van der Waals surface area contributed by atoms with Gasteiger partial charge in [-0.2, -0.15) is 0 Å². The lowest BCUT2D eigenvalue weighted by Crippen LogP contribution is -2.63. The van der Waals surface area contributed by atoms with E-state index in [1.165, 1.54) is 50.5 Å². The molecule has 0 bridgehead atoms. The zero-order valence-corrected chi connectivity index (χ0v) is 37.1. The van der Waals surface area contributed by atoms with Crippen molar-refractivity contribution in [2.75, 3.05) is 13.9 Å². The first-order chi connectivity index (χ1) is 22.3. The van der Waals surface area contributed by atoms with Crippen molar-refractivity contribution in [2.24, 2.45) is 23.2 Å². The first kappa shape index (κ1) is 43.1. The second-order valence-corrected chi connectivity index (χ2v) is 29.8. The zero-order valence-electron chi connectivity index (χ0n) is 35.1. The predicted octanol–water partition coefficient (Wildman–Crippen LogP) is 12.0. The second kappa shape index (κ2) is 16.0. The number of allylic oxidation sites excluding steroid dienone is 3. The van der Waals surface area contributed by atoms with Crippen LogP contribution in [0.1, 0.15) is 147 Å². The van der Waals surface area contributed by atoms with Gasteiger partial charge < -0.3 is 23.4 Å². The summed E-state index contributed by atoms with van der Waals surface area (Å²) in [4.78, 5) is 0. The summed E-state index contributed by atoms with van der Waals surface area (Å²) in [7, 11) is -2.58. The molecule has 0 aliphatic heterocycles. The molecule has 3 aliphatic rings. The van der Waals surface area contributed by atoms with Crippen molar-refractivity contribution < 1.29 is 23.4 Å².